The summed E-state index contributed by atoms with van der Waals surface area (Å²) in [6.45, 7) is 7.31. The van der Waals surface area contributed by atoms with Crippen LogP contribution in [0.1, 0.15) is 52.9 Å². The number of fused-ring (bicyclic) bond motifs is 1. The zero-order valence-corrected chi connectivity index (χ0v) is 14.4. The van der Waals surface area contributed by atoms with Crippen molar-refractivity contribution in [3.8, 4) is 0 Å². The molecule has 2 fully saturated rings. The van der Waals surface area contributed by atoms with Gasteiger partial charge in [-0.25, -0.2) is 0 Å². The molecule has 0 spiro atoms. The predicted molar refractivity (Wildman–Crippen MR) is 87.4 cm³/mol. The van der Waals surface area contributed by atoms with E-state index in [1.165, 1.54) is 12.8 Å². The van der Waals surface area contributed by atoms with Crippen molar-refractivity contribution >= 4 is 11.8 Å². The van der Waals surface area contributed by atoms with E-state index in [9.17, 15) is 9.59 Å². The maximum atomic E-state index is 13.1. The van der Waals surface area contributed by atoms with Crippen molar-refractivity contribution in [2.24, 2.45) is 11.3 Å². The van der Waals surface area contributed by atoms with Crippen LogP contribution in [0.2, 0.25) is 0 Å². The normalized spacial score (nSPS) is 25.9. The molecule has 0 aromatic carbocycles. The first kappa shape index (κ1) is 17.3. The molecule has 1 aliphatic carbocycles. The minimum absolute atomic E-state index is 0.107. The number of carbonyl (C=O) groups is 2. The van der Waals surface area contributed by atoms with Gasteiger partial charge in [0.25, 0.3) is 0 Å². The average molecular weight is 309 g/mol. The van der Waals surface area contributed by atoms with E-state index >= 15 is 0 Å². The molecule has 1 heterocycles. The molecule has 3 atom stereocenters. The van der Waals surface area contributed by atoms with E-state index in [0.717, 1.165) is 25.8 Å². The molecule has 126 valence electrons. The molecule has 2 amide bonds. The Balaban J connectivity index is 2.13. The fourth-order valence-electron chi connectivity index (χ4n) is 3.84. The largest absolute Gasteiger partial charge is 0.343 e. The lowest BCUT2D eigenvalue weighted by atomic mass is 9.80. The van der Waals surface area contributed by atoms with Crippen molar-refractivity contribution in [3.05, 3.63) is 0 Å². The molecule has 0 aromatic heterocycles. The van der Waals surface area contributed by atoms with Crippen LogP contribution in [0.5, 0.6) is 0 Å². The first-order valence-electron chi connectivity index (χ1n) is 8.65. The number of nitrogens with zero attached hydrogens (tertiary/aromatic N) is 1. The monoisotopic (exact) mass is 309 g/mol. The highest BCUT2D eigenvalue weighted by atomic mass is 16.2. The average Bonchev–Trinajstić information content (AvgIpc) is 3.07. The Morgan fingerprint density at radius 1 is 1.27 bits per heavy atom. The van der Waals surface area contributed by atoms with Gasteiger partial charge in [-0.3, -0.25) is 9.59 Å². The molecule has 1 saturated carbocycles. The van der Waals surface area contributed by atoms with E-state index in [4.69, 9.17) is 0 Å². The first-order valence-corrected chi connectivity index (χ1v) is 8.65. The Hall–Kier alpha value is -1.10. The van der Waals surface area contributed by atoms with Crippen LogP contribution in [-0.4, -0.2) is 48.9 Å². The summed E-state index contributed by atoms with van der Waals surface area (Å²) in [5, 5.41) is 5.82. The standard InChI is InChI=1S/C17H31N3O2/c1-5-17(2,3)15(19-14(21)11-18-4)16(22)20-10-9-12-7-6-8-13(12)20/h12-13,15,18H,5-11H2,1-4H3,(H,19,21)/t12-,13-,15?/m1/s1. The summed E-state index contributed by atoms with van der Waals surface area (Å²) in [7, 11) is 1.74. The molecule has 1 unspecified atom stereocenters. The molecule has 0 aromatic rings. The van der Waals surface area contributed by atoms with E-state index in [2.05, 4.69) is 36.3 Å². The molecule has 0 radical (unpaired) electrons. The lowest BCUT2D eigenvalue weighted by Crippen LogP contribution is -2.57. The third-order valence-corrected chi connectivity index (χ3v) is 5.63. The van der Waals surface area contributed by atoms with Crippen LogP contribution in [0.3, 0.4) is 0 Å². The van der Waals surface area contributed by atoms with Crippen molar-refractivity contribution in [1.29, 1.82) is 0 Å². The Morgan fingerprint density at radius 3 is 2.64 bits per heavy atom. The second-order valence-electron chi connectivity index (χ2n) is 7.45. The van der Waals surface area contributed by atoms with Crippen molar-refractivity contribution in [1.82, 2.24) is 15.5 Å². The maximum absolute atomic E-state index is 13.1. The SMILES string of the molecule is CCC(C)(C)C(NC(=O)CNC)C(=O)N1CC[C@H]2CCC[C@H]21. The summed E-state index contributed by atoms with van der Waals surface area (Å²) in [5.74, 6) is 0.692. The lowest BCUT2D eigenvalue weighted by Gasteiger charge is -2.37. The molecule has 22 heavy (non-hydrogen) atoms. The molecule has 2 rings (SSSR count). The highest BCUT2D eigenvalue weighted by Crippen LogP contribution is 2.39. The van der Waals surface area contributed by atoms with Crippen LogP contribution in [-0.2, 0) is 9.59 Å². The van der Waals surface area contributed by atoms with E-state index < -0.39 is 6.04 Å². The van der Waals surface area contributed by atoms with E-state index in [-0.39, 0.29) is 23.8 Å². The zero-order valence-electron chi connectivity index (χ0n) is 14.4. The summed E-state index contributed by atoms with van der Waals surface area (Å²) in [4.78, 5) is 27.2. The summed E-state index contributed by atoms with van der Waals surface area (Å²) in [6, 6.07) is -0.0263. The van der Waals surface area contributed by atoms with Crippen molar-refractivity contribution in [2.75, 3.05) is 20.1 Å². The fraction of sp³-hybridized carbons (Fsp3) is 0.882. The molecule has 1 saturated heterocycles. The Morgan fingerprint density at radius 2 is 2.00 bits per heavy atom. The quantitative estimate of drug-likeness (QED) is 0.782. The van der Waals surface area contributed by atoms with Gasteiger partial charge in [0.15, 0.2) is 0 Å². The summed E-state index contributed by atoms with van der Waals surface area (Å²) < 4.78 is 0. The number of likely N-dealkylation sites (N-methyl/N-ethyl adjacent to an activating group) is 1. The van der Waals surface area contributed by atoms with Gasteiger partial charge in [0.05, 0.1) is 6.54 Å². The zero-order chi connectivity index (χ0) is 16.3. The van der Waals surface area contributed by atoms with Gasteiger partial charge in [0.2, 0.25) is 11.8 Å². The highest BCUT2D eigenvalue weighted by Gasteiger charge is 2.45. The van der Waals surface area contributed by atoms with Gasteiger partial charge >= 0.3 is 0 Å². The van der Waals surface area contributed by atoms with Crippen LogP contribution in [0.15, 0.2) is 0 Å². The third-order valence-electron chi connectivity index (χ3n) is 5.63. The van der Waals surface area contributed by atoms with Crippen molar-refractivity contribution in [2.45, 2.75) is 65.0 Å². The van der Waals surface area contributed by atoms with Crippen LogP contribution in [0.25, 0.3) is 0 Å². The lowest BCUT2D eigenvalue weighted by molar-refractivity contribution is -0.140. The minimum atomic E-state index is -0.433. The van der Waals surface area contributed by atoms with Gasteiger partial charge in [-0.15, -0.1) is 0 Å². The van der Waals surface area contributed by atoms with Crippen molar-refractivity contribution in [3.63, 3.8) is 0 Å². The minimum Gasteiger partial charge on any atom is -0.343 e. The number of hydrogen-bond donors (Lipinski definition) is 2. The molecule has 2 aliphatic rings. The fourth-order valence-corrected chi connectivity index (χ4v) is 3.84. The number of nitrogens with one attached hydrogen (secondary N) is 2. The smallest absolute Gasteiger partial charge is 0.245 e. The van der Waals surface area contributed by atoms with Crippen LogP contribution < -0.4 is 10.6 Å². The molecule has 2 N–H and O–H groups in total. The number of carbonyl (C=O) groups excluding carboxylic acids is 2. The number of hydrogen-bond acceptors (Lipinski definition) is 3. The first-order chi connectivity index (χ1) is 10.4. The number of rotatable bonds is 6. The van der Waals surface area contributed by atoms with Crippen molar-refractivity contribution < 1.29 is 9.59 Å². The maximum Gasteiger partial charge on any atom is 0.245 e. The van der Waals surface area contributed by atoms with Crippen LogP contribution in [0.4, 0.5) is 0 Å². The van der Waals surface area contributed by atoms with Gasteiger partial charge in [0, 0.05) is 12.6 Å². The molecule has 1 aliphatic heterocycles. The molecular weight excluding hydrogens is 278 g/mol. The summed E-state index contributed by atoms with van der Waals surface area (Å²) in [6.07, 6.45) is 5.58. The molecule has 0 bridgehead atoms. The Kier molecular flexibility index (Phi) is 5.48. The van der Waals surface area contributed by atoms with Gasteiger partial charge in [0.1, 0.15) is 6.04 Å². The number of likely N-dealkylation sites (tertiary alicyclic amines) is 1. The topological polar surface area (TPSA) is 61.4 Å². The number of amides is 2. The van der Waals surface area contributed by atoms with E-state index in [1.807, 2.05) is 0 Å². The van der Waals surface area contributed by atoms with Gasteiger partial charge in [-0.1, -0.05) is 27.2 Å². The van der Waals surface area contributed by atoms with Crippen LogP contribution in [0, 0.1) is 11.3 Å². The highest BCUT2D eigenvalue weighted by molar-refractivity contribution is 5.89. The third kappa shape index (κ3) is 3.45. The second-order valence-corrected chi connectivity index (χ2v) is 7.45. The predicted octanol–water partition coefficient (Wildman–Crippen LogP) is 1.53. The Labute approximate surface area is 134 Å². The Bertz CT molecular complexity index is 422. The summed E-state index contributed by atoms with van der Waals surface area (Å²) >= 11 is 0. The summed E-state index contributed by atoms with van der Waals surface area (Å²) in [5.41, 5.74) is -0.239. The molecular formula is C17H31N3O2. The van der Waals surface area contributed by atoms with E-state index in [1.54, 1.807) is 7.05 Å². The second kappa shape index (κ2) is 6.99. The molecule has 5 nitrogen and oxygen atoms in total. The van der Waals surface area contributed by atoms with Gasteiger partial charge in [-0.05, 0) is 44.1 Å². The van der Waals surface area contributed by atoms with Crippen LogP contribution >= 0.6 is 0 Å². The van der Waals surface area contributed by atoms with E-state index in [0.29, 0.717) is 12.0 Å². The molecule has 5 heteroatoms. The van der Waals surface area contributed by atoms with Gasteiger partial charge in [-0.2, -0.15) is 0 Å². The van der Waals surface area contributed by atoms with Gasteiger partial charge < -0.3 is 15.5 Å².